The summed E-state index contributed by atoms with van der Waals surface area (Å²) in [5.41, 5.74) is 8.60. The lowest BCUT2D eigenvalue weighted by atomic mass is 9.88. The second-order valence-electron chi connectivity index (χ2n) is 7.40. The summed E-state index contributed by atoms with van der Waals surface area (Å²) in [6, 6.07) is 7.22. The second kappa shape index (κ2) is 9.22. The number of nitrogens with zero attached hydrogens (tertiary/aromatic N) is 4. The summed E-state index contributed by atoms with van der Waals surface area (Å²) in [4.78, 5) is 36.8. The molecule has 3 rings (SSSR count). The number of primary amides is 1. The number of carbonyl (C=O) groups excluding carboxylic acids is 2. The number of anilines is 1. The summed E-state index contributed by atoms with van der Waals surface area (Å²) >= 11 is 5.71. The Morgan fingerprint density at radius 3 is 2.62 bits per heavy atom. The Labute approximate surface area is 175 Å². The minimum Gasteiger partial charge on any atom is -0.366 e. The van der Waals surface area contributed by atoms with E-state index in [9.17, 15) is 9.59 Å². The van der Waals surface area contributed by atoms with E-state index in [0.717, 1.165) is 29.7 Å². The minimum atomic E-state index is -0.467. The summed E-state index contributed by atoms with van der Waals surface area (Å²) in [7, 11) is 3.81. The van der Waals surface area contributed by atoms with Crippen LogP contribution >= 0.6 is 11.6 Å². The molecule has 1 aromatic heterocycles. The van der Waals surface area contributed by atoms with E-state index in [-0.39, 0.29) is 11.8 Å². The molecule has 0 unspecified atom stereocenters. The number of benzene rings is 1. The average molecular weight is 416 g/mol. The molecular formula is C21H26ClN5O2. The van der Waals surface area contributed by atoms with Crippen molar-refractivity contribution in [3.8, 4) is 11.1 Å². The van der Waals surface area contributed by atoms with Crippen LogP contribution in [-0.4, -0.2) is 59.7 Å². The Balaban J connectivity index is 1.93. The number of rotatable bonds is 6. The number of halogens is 1. The molecule has 2 aromatic rings. The van der Waals surface area contributed by atoms with Crippen LogP contribution in [0.1, 0.15) is 41.2 Å². The van der Waals surface area contributed by atoms with Crippen molar-refractivity contribution in [2.75, 3.05) is 38.0 Å². The number of hydrogen-bond acceptors (Lipinski definition) is 5. The van der Waals surface area contributed by atoms with Crippen molar-refractivity contribution < 1.29 is 9.59 Å². The zero-order valence-electron chi connectivity index (χ0n) is 16.8. The Kier molecular flexibility index (Phi) is 6.69. The van der Waals surface area contributed by atoms with Gasteiger partial charge in [-0.2, -0.15) is 0 Å². The molecule has 29 heavy (non-hydrogen) atoms. The standard InChI is InChI=1S/C21H26ClN5O2/c1-26(2)21-24-13-17(15-4-3-5-16(12-15)20(23)29)19(25-21)14-7-10-27(11-8-14)18(28)6-9-22/h3-5,12-14H,6-11H2,1-2H3,(H2,23,29). The monoisotopic (exact) mass is 415 g/mol. The number of likely N-dealkylation sites (tertiary alicyclic amines) is 1. The van der Waals surface area contributed by atoms with Crippen LogP contribution in [0.3, 0.4) is 0 Å². The second-order valence-corrected chi connectivity index (χ2v) is 7.78. The number of amides is 2. The minimum absolute atomic E-state index is 0.101. The lowest BCUT2D eigenvalue weighted by Gasteiger charge is -2.32. The van der Waals surface area contributed by atoms with Crippen LogP contribution < -0.4 is 10.6 Å². The molecule has 7 nitrogen and oxygen atoms in total. The molecule has 0 saturated carbocycles. The zero-order valence-corrected chi connectivity index (χ0v) is 17.5. The Morgan fingerprint density at radius 2 is 2.00 bits per heavy atom. The lowest BCUT2D eigenvalue weighted by molar-refractivity contribution is -0.131. The first kappa shape index (κ1) is 21.0. The molecule has 2 amide bonds. The van der Waals surface area contributed by atoms with Gasteiger partial charge in [0.1, 0.15) is 0 Å². The highest BCUT2D eigenvalue weighted by Gasteiger charge is 2.27. The molecule has 1 fully saturated rings. The zero-order chi connectivity index (χ0) is 21.0. The van der Waals surface area contributed by atoms with Crippen molar-refractivity contribution in [3.63, 3.8) is 0 Å². The predicted octanol–water partition coefficient (Wildman–Crippen LogP) is 2.64. The number of carbonyl (C=O) groups is 2. The molecule has 8 heteroatoms. The van der Waals surface area contributed by atoms with Gasteiger partial charge in [-0.1, -0.05) is 12.1 Å². The third-order valence-electron chi connectivity index (χ3n) is 5.21. The first-order valence-electron chi connectivity index (χ1n) is 9.69. The molecular weight excluding hydrogens is 390 g/mol. The maximum atomic E-state index is 12.1. The summed E-state index contributed by atoms with van der Waals surface area (Å²) in [6.07, 6.45) is 3.82. The fourth-order valence-corrected chi connectivity index (χ4v) is 3.78. The van der Waals surface area contributed by atoms with Gasteiger partial charge in [0.2, 0.25) is 17.8 Å². The fourth-order valence-electron chi connectivity index (χ4n) is 3.62. The normalized spacial score (nSPS) is 14.7. The first-order valence-corrected chi connectivity index (χ1v) is 10.2. The van der Waals surface area contributed by atoms with Crippen LogP contribution in [-0.2, 0) is 4.79 Å². The van der Waals surface area contributed by atoms with E-state index in [1.807, 2.05) is 42.2 Å². The van der Waals surface area contributed by atoms with E-state index < -0.39 is 5.91 Å². The van der Waals surface area contributed by atoms with Crippen LogP contribution in [0.5, 0.6) is 0 Å². The number of alkyl halides is 1. The van der Waals surface area contributed by atoms with Crippen molar-refractivity contribution in [1.82, 2.24) is 14.9 Å². The summed E-state index contributed by atoms with van der Waals surface area (Å²) in [5.74, 6) is 0.811. The third kappa shape index (κ3) is 4.85. The number of hydrogen-bond donors (Lipinski definition) is 1. The molecule has 0 atom stereocenters. The Hall–Kier alpha value is -2.67. The topological polar surface area (TPSA) is 92.4 Å². The molecule has 1 aliphatic heterocycles. The highest BCUT2D eigenvalue weighted by molar-refractivity contribution is 6.18. The smallest absolute Gasteiger partial charge is 0.248 e. The molecule has 0 aliphatic carbocycles. The molecule has 1 aromatic carbocycles. The molecule has 2 heterocycles. The van der Waals surface area contributed by atoms with Gasteiger partial charge in [0.15, 0.2) is 0 Å². The summed E-state index contributed by atoms with van der Waals surface area (Å²) in [6.45, 7) is 1.37. The molecule has 154 valence electrons. The SMILES string of the molecule is CN(C)c1ncc(-c2cccc(C(N)=O)c2)c(C2CCN(C(=O)CCCl)CC2)n1. The van der Waals surface area contributed by atoms with E-state index in [1.54, 1.807) is 12.1 Å². The fraction of sp³-hybridized carbons (Fsp3) is 0.429. The first-order chi connectivity index (χ1) is 13.9. The maximum absolute atomic E-state index is 12.1. The number of aromatic nitrogens is 2. The highest BCUT2D eigenvalue weighted by Crippen LogP contribution is 2.35. The van der Waals surface area contributed by atoms with Crippen molar-refractivity contribution in [2.45, 2.75) is 25.2 Å². The van der Waals surface area contributed by atoms with E-state index in [1.165, 1.54) is 0 Å². The van der Waals surface area contributed by atoms with Gasteiger partial charge in [0.25, 0.3) is 0 Å². The van der Waals surface area contributed by atoms with Gasteiger partial charge < -0.3 is 15.5 Å². The Bertz CT molecular complexity index is 894. The van der Waals surface area contributed by atoms with Crippen LogP contribution in [0.25, 0.3) is 11.1 Å². The predicted molar refractivity (Wildman–Crippen MR) is 114 cm³/mol. The van der Waals surface area contributed by atoms with Crippen LogP contribution in [0, 0.1) is 0 Å². The molecule has 1 saturated heterocycles. The molecule has 0 radical (unpaired) electrons. The van der Waals surface area contributed by atoms with Crippen molar-refractivity contribution >= 4 is 29.4 Å². The quantitative estimate of drug-likeness (QED) is 0.732. The van der Waals surface area contributed by atoms with Gasteiger partial charge in [0.05, 0.1) is 5.69 Å². The molecule has 0 bridgehead atoms. The van der Waals surface area contributed by atoms with Crippen LogP contribution in [0.15, 0.2) is 30.5 Å². The molecule has 1 aliphatic rings. The average Bonchev–Trinajstić information content (AvgIpc) is 2.73. The van der Waals surface area contributed by atoms with Gasteiger partial charge in [-0.15, -0.1) is 11.6 Å². The summed E-state index contributed by atoms with van der Waals surface area (Å²) in [5, 5.41) is 0. The lowest BCUT2D eigenvalue weighted by Crippen LogP contribution is -2.38. The summed E-state index contributed by atoms with van der Waals surface area (Å²) < 4.78 is 0. The van der Waals surface area contributed by atoms with Crippen molar-refractivity contribution in [1.29, 1.82) is 0 Å². The van der Waals surface area contributed by atoms with E-state index in [4.69, 9.17) is 22.3 Å². The largest absolute Gasteiger partial charge is 0.366 e. The number of nitrogens with two attached hydrogens (primary N) is 1. The van der Waals surface area contributed by atoms with Crippen molar-refractivity contribution in [3.05, 3.63) is 41.7 Å². The van der Waals surface area contributed by atoms with Gasteiger partial charge in [-0.25, -0.2) is 9.97 Å². The van der Waals surface area contributed by atoms with E-state index in [2.05, 4.69) is 4.98 Å². The van der Waals surface area contributed by atoms with E-state index >= 15 is 0 Å². The van der Waals surface area contributed by atoms with Gasteiger partial charge in [-0.3, -0.25) is 9.59 Å². The van der Waals surface area contributed by atoms with Gasteiger partial charge in [-0.05, 0) is 30.5 Å². The Morgan fingerprint density at radius 1 is 1.28 bits per heavy atom. The third-order valence-corrected chi connectivity index (χ3v) is 5.40. The molecule has 0 spiro atoms. The van der Waals surface area contributed by atoms with Gasteiger partial charge in [0, 0.05) is 62.7 Å². The highest BCUT2D eigenvalue weighted by atomic mass is 35.5. The number of piperidine rings is 1. The molecule has 2 N–H and O–H groups in total. The van der Waals surface area contributed by atoms with Crippen LogP contribution in [0.2, 0.25) is 0 Å². The van der Waals surface area contributed by atoms with E-state index in [0.29, 0.717) is 36.9 Å². The van der Waals surface area contributed by atoms with Gasteiger partial charge >= 0.3 is 0 Å². The van der Waals surface area contributed by atoms with Crippen LogP contribution in [0.4, 0.5) is 5.95 Å². The van der Waals surface area contributed by atoms with Crippen molar-refractivity contribution in [2.24, 2.45) is 5.73 Å². The maximum Gasteiger partial charge on any atom is 0.248 e.